The number of amides is 1. The van der Waals surface area contributed by atoms with Gasteiger partial charge in [0.1, 0.15) is 6.33 Å². The van der Waals surface area contributed by atoms with E-state index in [2.05, 4.69) is 57.3 Å². The Labute approximate surface area is 175 Å². The van der Waals surface area contributed by atoms with Crippen LogP contribution in [-0.2, 0) is 4.79 Å². The Bertz CT molecular complexity index is 1030. The van der Waals surface area contributed by atoms with Crippen LogP contribution < -0.4 is 10.6 Å². The molecule has 1 amide bonds. The number of rotatable bonds is 4. The molecular formula is C22H25N5OS. The molecule has 1 aliphatic heterocycles. The van der Waals surface area contributed by atoms with Gasteiger partial charge >= 0.3 is 0 Å². The zero-order chi connectivity index (χ0) is 20.5. The van der Waals surface area contributed by atoms with E-state index in [9.17, 15) is 4.79 Å². The largest absolute Gasteiger partial charge is 0.351 e. The van der Waals surface area contributed by atoms with Crippen molar-refractivity contribution in [1.29, 1.82) is 0 Å². The Hall–Kier alpha value is -2.80. The van der Waals surface area contributed by atoms with Crippen LogP contribution in [0.25, 0.3) is 0 Å². The van der Waals surface area contributed by atoms with Crippen LogP contribution >= 0.6 is 11.8 Å². The molecule has 29 heavy (non-hydrogen) atoms. The summed E-state index contributed by atoms with van der Waals surface area (Å²) in [6, 6.07) is 14.1. The Morgan fingerprint density at radius 2 is 1.93 bits per heavy atom. The summed E-state index contributed by atoms with van der Waals surface area (Å²) in [6.07, 6.45) is 3.58. The number of carbonyl (C=O) groups is 1. The molecule has 6 nitrogen and oxygen atoms in total. The van der Waals surface area contributed by atoms with E-state index in [4.69, 9.17) is 0 Å². The van der Waals surface area contributed by atoms with Crippen molar-refractivity contribution in [2.24, 2.45) is 5.92 Å². The average molecular weight is 408 g/mol. The number of nitrogens with zero attached hydrogens (tertiary/aromatic N) is 3. The number of benzene rings is 2. The van der Waals surface area contributed by atoms with Crippen LogP contribution in [0.2, 0.25) is 0 Å². The zero-order valence-electron chi connectivity index (χ0n) is 17.0. The first kappa shape index (κ1) is 19.5. The van der Waals surface area contributed by atoms with Crippen LogP contribution in [0.1, 0.15) is 29.7 Å². The molecule has 0 radical (unpaired) electrons. The molecule has 1 aromatic heterocycles. The number of anilines is 2. The molecule has 3 atom stereocenters. The highest BCUT2D eigenvalue weighted by molar-refractivity contribution is 7.98. The molecule has 2 aromatic carbocycles. The number of hydrogen-bond donors (Lipinski definition) is 2. The second kappa shape index (κ2) is 7.91. The van der Waals surface area contributed by atoms with Gasteiger partial charge in [0.2, 0.25) is 11.9 Å². The van der Waals surface area contributed by atoms with Crippen molar-refractivity contribution in [3.05, 3.63) is 65.5 Å². The lowest BCUT2D eigenvalue weighted by molar-refractivity contribution is -0.121. The number of fused-ring (bicyclic) bond motifs is 1. The molecule has 7 heteroatoms. The van der Waals surface area contributed by atoms with E-state index in [0.29, 0.717) is 5.95 Å². The lowest BCUT2D eigenvalue weighted by Crippen LogP contribution is -2.46. The maximum atomic E-state index is 13.4. The molecule has 3 aromatic rings. The third kappa shape index (κ3) is 3.74. The molecule has 2 heterocycles. The van der Waals surface area contributed by atoms with Crippen LogP contribution in [0.5, 0.6) is 0 Å². The summed E-state index contributed by atoms with van der Waals surface area (Å²) in [5, 5.41) is 10.9. The SMILES string of the molecule is CSc1ccc(C2C(C(=O)Nc3ccc(C)cc3C)C(C)Nc3ncnn32)cc1. The molecule has 0 aliphatic carbocycles. The van der Waals surface area contributed by atoms with Crippen LogP contribution in [0.15, 0.2) is 53.7 Å². The minimum absolute atomic E-state index is 0.0305. The smallest absolute Gasteiger partial charge is 0.232 e. The van der Waals surface area contributed by atoms with E-state index in [1.807, 2.05) is 37.6 Å². The molecule has 150 valence electrons. The van der Waals surface area contributed by atoms with Gasteiger partial charge in [0.15, 0.2) is 0 Å². The van der Waals surface area contributed by atoms with Crippen molar-refractivity contribution >= 4 is 29.3 Å². The van der Waals surface area contributed by atoms with Crippen molar-refractivity contribution in [2.75, 3.05) is 16.9 Å². The van der Waals surface area contributed by atoms with Crippen molar-refractivity contribution in [3.8, 4) is 0 Å². The maximum Gasteiger partial charge on any atom is 0.232 e. The fraction of sp³-hybridized carbons (Fsp3) is 0.318. The molecule has 4 rings (SSSR count). The number of nitrogens with one attached hydrogen (secondary N) is 2. The average Bonchev–Trinajstić information content (AvgIpc) is 3.17. The minimum atomic E-state index is -0.343. The van der Waals surface area contributed by atoms with Gasteiger partial charge in [0.25, 0.3) is 0 Å². The predicted octanol–water partition coefficient (Wildman–Crippen LogP) is 4.28. The first-order valence-corrected chi connectivity index (χ1v) is 10.9. The lowest BCUT2D eigenvalue weighted by Gasteiger charge is -2.37. The van der Waals surface area contributed by atoms with Gasteiger partial charge in [-0.05, 0) is 56.4 Å². The highest BCUT2D eigenvalue weighted by Gasteiger charge is 2.41. The van der Waals surface area contributed by atoms with Gasteiger partial charge in [0, 0.05) is 16.6 Å². The highest BCUT2D eigenvalue weighted by atomic mass is 32.2. The number of hydrogen-bond acceptors (Lipinski definition) is 5. The van der Waals surface area contributed by atoms with Crippen molar-refractivity contribution < 1.29 is 4.79 Å². The predicted molar refractivity (Wildman–Crippen MR) is 118 cm³/mol. The van der Waals surface area contributed by atoms with Crippen LogP contribution in [0.3, 0.4) is 0 Å². The summed E-state index contributed by atoms with van der Waals surface area (Å²) in [4.78, 5) is 18.9. The molecule has 0 saturated carbocycles. The molecule has 2 N–H and O–H groups in total. The van der Waals surface area contributed by atoms with E-state index in [1.54, 1.807) is 11.8 Å². The molecule has 3 unspecified atom stereocenters. The van der Waals surface area contributed by atoms with E-state index in [-0.39, 0.29) is 23.9 Å². The Kier molecular flexibility index (Phi) is 5.32. The van der Waals surface area contributed by atoms with Gasteiger partial charge in [-0.25, -0.2) is 4.68 Å². The monoisotopic (exact) mass is 407 g/mol. The fourth-order valence-electron chi connectivity index (χ4n) is 3.97. The Morgan fingerprint density at radius 1 is 1.17 bits per heavy atom. The minimum Gasteiger partial charge on any atom is -0.351 e. The van der Waals surface area contributed by atoms with Crippen molar-refractivity contribution in [3.63, 3.8) is 0 Å². The Balaban J connectivity index is 1.71. The molecule has 0 bridgehead atoms. The number of aryl methyl sites for hydroxylation is 2. The van der Waals surface area contributed by atoms with Gasteiger partial charge in [-0.1, -0.05) is 29.8 Å². The molecule has 0 saturated heterocycles. The second-order valence-electron chi connectivity index (χ2n) is 7.51. The first-order chi connectivity index (χ1) is 14.0. The van der Waals surface area contributed by atoms with Crippen LogP contribution in [-0.4, -0.2) is 33.0 Å². The summed E-state index contributed by atoms with van der Waals surface area (Å²) < 4.78 is 1.82. The standard InChI is InChI=1S/C22H25N5OS/c1-13-5-10-18(14(2)11-13)26-21(28)19-15(3)25-22-23-12-24-27(22)20(19)16-6-8-17(29-4)9-7-16/h5-12,15,19-20H,1-4H3,(H,26,28)(H,23,24,25). The maximum absolute atomic E-state index is 13.4. The number of aromatic nitrogens is 3. The van der Waals surface area contributed by atoms with Crippen molar-refractivity contribution in [2.45, 2.75) is 37.8 Å². The molecule has 1 aliphatic rings. The summed E-state index contributed by atoms with van der Waals surface area (Å²) in [5.74, 6) is 0.314. The van der Waals surface area contributed by atoms with Crippen LogP contribution in [0.4, 0.5) is 11.6 Å². The van der Waals surface area contributed by atoms with Gasteiger partial charge in [-0.3, -0.25) is 4.79 Å². The second-order valence-corrected chi connectivity index (χ2v) is 8.39. The van der Waals surface area contributed by atoms with Gasteiger partial charge < -0.3 is 10.6 Å². The summed E-state index contributed by atoms with van der Waals surface area (Å²) in [7, 11) is 0. The first-order valence-electron chi connectivity index (χ1n) is 9.66. The molecule has 0 spiro atoms. The summed E-state index contributed by atoms with van der Waals surface area (Å²) >= 11 is 1.70. The van der Waals surface area contributed by atoms with E-state index in [0.717, 1.165) is 16.8 Å². The lowest BCUT2D eigenvalue weighted by atomic mass is 9.85. The molecular weight excluding hydrogens is 382 g/mol. The van der Waals surface area contributed by atoms with Gasteiger partial charge in [0.05, 0.1) is 12.0 Å². The Morgan fingerprint density at radius 3 is 2.62 bits per heavy atom. The number of carbonyl (C=O) groups excluding carboxylic acids is 1. The number of thioether (sulfide) groups is 1. The normalized spacial score (nSPS) is 20.6. The summed E-state index contributed by atoms with van der Waals surface area (Å²) in [6.45, 7) is 6.08. The van der Waals surface area contributed by atoms with Crippen molar-refractivity contribution in [1.82, 2.24) is 14.8 Å². The summed E-state index contributed by atoms with van der Waals surface area (Å²) in [5.41, 5.74) is 4.11. The third-order valence-corrected chi connectivity index (χ3v) is 6.22. The third-order valence-electron chi connectivity index (χ3n) is 5.47. The quantitative estimate of drug-likeness (QED) is 0.632. The zero-order valence-corrected chi connectivity index (χ0v) is 17.8. The van der Waals surface area contributed by atoms with E-state index >= 15 is 0 Å². The fourth-order valence-corrected chi connectivity index (χ4v) is 4.37. The topological polar surface area (TPSA) is 71.8 Å². The van der Waals surface area contributed by atoms with Crippen LogP contribution in [0, 0.1) is 19.8 Å². The molecule has 0 fully saturated rings. The highest BCUT2D eigenvalue weighted by Crippen LogP contribution is 2.37. The van der Waals surface area contributed by atoms with Gasteiger partial charge in [-0.2, -0.15) is 10.1 Å². The van der Waals surface area contributed by atoms with Gasteiger partial charge in [-0.15, -0.1) is 11.8 Å². The van der Waals surface area contributed by atoms with E-state index in [1.165, 1.54) is 16.8 Å². The van der Waals surface area contributed by atoms with E-state index < -0.39 is 0 Å².